The van der Waals surface area contributed by atoms with Crippen molar-refractivity contribution in [3.05, 3.63) is 27.3 Å². The minimum absolute atomic E-state index is 0.274. The van der Waals surface area contributed by atoms with E-state index in [1.807, 2.05) is 18.4 Å². The summed E-state index contributed by atoms with van der Waals surface area (Å²) in [4.78, 5) is 14.2. The average molecular weight is 282 g/mol. The van der Waals surface area contributed by atoms with Crippen molar-refractivity contribution in [1.82, 2.24) is 15.0 Å². The number of aryl methyl sites for hydroxylation is 2. The molecule has 0 saturated heterocycles. The van der Waals surface area contributed by atoms with Crippen molar-refractivity contribution >= 4 is 44.5 Å². The van der Waals surface area contributed by atoms with Crippen LogP contribution in [0.1, 0.15) is 10.6 Å². The summed E-state index contributed by atoms with van der Waals surface area (Å²) in [6, 6.07) is 1.95. The lowest BCUT2D eigenvalue weighted by molar-refractivity contribution is 1.19. The number of rotatable bonds is 1. The first-order valence-corrected chi connectivity index (χ1v) is 7.07. The second-order valence-electron chi connectivity index (χ2n) is 3.64. The second kappa shape index (κ2) is 4.01. The zero-order chi connectivity index (χ0) is 12.0. The van der Waals surface area contributed by atoms with Crippen molar-refractivity contribution < 1.29 is 0 Å². The third-order valence-electron chi connectivity index (χ3n) is 2.51. The van der Waals surface area contributed by atoms with Gasteiger partial charge in [-0.15, -0.1) is 22.7 Å². The van der Waals surface area contributed by atoms with Crippen molar-refractivity contribution in [2.75, 3.05) is 0 Å². The predicted molar refractivity (Wildman–Crippen MR) is 73.0 cm³/mol. The molecule has 0 aliphatic rings. The number of aromatic nitrogens is 3. The Morgan fingerprint density at radius 3 is 2.71 bits per heavy atom. The van der Waals surface area contributed by atoms with Crippen molar-refractivity contribution in [2.24, 2.45) is 0 Å². The summed E-state index contributed by atoms with van der Waals surface area (Å²) in [6.07, 6.45) is 0. The maximum absolute atomic E-state index is 5.94. The van der Waals surface area contributed by atoms with E-state index in [1.165, 1.54) is 4.88 Å². The van der Waals surface area contributed by atoms with Crippen LogP contribution in [0.15, 0.2) is 11.4 Å². The topological polar surface area (TPSA) is 38.7 Å². The van der Waals surface area contributed by atoms with Gasteiger partial charge in [-0.25, -0.2) is 15.0 Å². The highest BCUT2D eigenvalue weighted by atomic mass is 35.5. The molecule has 0 saturated carbocycles. The van der Waals surface area contributed by atoms with Gasteiger partial charge in [0, 0.05) is 4.88 Å². The maximum Gasteiger partial charge on any atom is 0.223 e. The lowest BCUT2D eigenvalue weighted by Crippen LogP contribution is -1.87. The third kappa shape index (κ3) is 1.84. The van der Waals surface area contributed by atoms with Crippen molar-refractivity contribution in [3.63, 3.8) is 0 Å². The molecule has 0 bridgehead atoms. The van der Waals surface area contributed by atoms with Crippen molar-refractivity contribution in [1.29, 1.82) is 0 Å². The smallest absolute Gasteiger partial charge is 0.223 e. The highest BCUT2D eigenvalue weighted by Gasteiger charge is 2.14. The largest absolute Gasteiger partial charge is 0.239 e. The maximum atomic E-state index is 5.94. The number of thiophene rings is 1. The van der Waals surface area contributed by atoms with Crippen molar-refractivity contribution in [2.45, 2.75) is 13.8 Å². The highest BCUT2D eigenvalue weighted by Crippen LogP contribution is 2.34. The summed E-state index contributed by atoms with van der Waals surface area (Å²) in [5.41, 5.74) is 2.77. The number of hydrogen-bond acceptors (Lipinski definition) is 5. The van der Waals surface area contributed by atoms with Gasteiger partial charge >= 0.3 is 0 Å². The molecule has 0 spiro atoms. The van der Waals surface area contributed by atoms with Crippen molar-refractivity contribution in [3.8, 4) is 10.7 Å². The molecule has 0 unspecified atom stereocenters. The minimum Gasteiger partial charge on any atom is -0.239 e. The number of thiazole rings is 1. The first kappa shape index (κ1) is 11.1. The summed E-state index contributed by atoms with van der Waals surface area (Å²) in [7, 11) is 0. The van der Waals surface area contributed by atoms with Crippen LogP contribution in [0, 0.1) is 13.8 Å². The second-order valence-corrected chi connectivity index (χ2v) is 6.09. The van der Waals surface area contributed by atoms with Crippen LogP contribution >= 0.6 is 34.3 Å². The summed E-state index contributed by atoms with van der Waals surface area (Å²) in [5.74, 6) is 0. The molecule has 3 rings (SSSR count). The van der Waals surface area contributed by atoms with E-state index >= 15 is 0 Å². The number of halogens is 1. The summed E-state index contributed by atoms with van der Waals surface area (Å²) >= 11 is 9.19. The predicted octanol–water partition coefficient (Wildman–Crippen LogP) is 4.09. The average Bonchev–Trinajstić information content (AvgIpc) is 2.85. The molecule has 3 aromatic rings. The standard InChI is InChI=1S/C11H8ClN3S2/c1-5-6(2)17-10(13-5)8-9-7(3-4-16-9)14-11(12)15-8/h3-4H,1-2H3. The molecular weight excluding hydrogens is 274 g/mol. The number of fused-ring (bicyclic) bond motifs is 1. The van der Waals surface area contributed by atoms with E-state index in [2.05, 4.69) is 21.9 Å². The first-order valence-electron chi connectivity index (χ1n) is 5.00. The molecule has 3 heterocycles. The molecule has 0 N–H and O–H groups in total. The Hall–Kier alpha value is -1.04. The number of hydrogen-bond donors (Lipinski definition) is 0. The highest BCUT2D eigenvalue weighted by molar-refractivity contribution is 7.19. The molecule has 0 amide bonds. The van der Waals surface area contributed by atoms with Crippen LogP contribution in [-0.2, 0) is 0 Å². The zero-order valence-corrected chi connectivity index (χ0v) is 11.6. The Morgan fingerprint density at radius 1 is 1.18 bits per heavy atom. The van der Waals surface area contributed by atoms with Crippen LogP contribution in [-0.4, -0.2) is 15.0 Å². The lowest BCUT2D eigenvalue weighted by atomic mass is 10.3. The van der Waals surface area contributed by atoms with Crippen LogP contribution < -0.4 is 0 Å². The van der Waals surface area contributed by atoms with Crippen LogP contribution in [0.5, 0.6) is 0 Å². The fraction of sp³-hybridized carbons (Fsp3) is 0.182. The van der Waals surface area contributed by atoms with E-state index < -0.39 is 0 Å². The number of nitrogens with zero attached hydrogens (tertiary/aromatic N) is 3. The van der Waals surface area contributed by atoms with Crippen LogP contribution in [0.4, 0.5) is 0 Å². The third-order valence-corrected chi connectivity index (χ3v) is 4.67. The van der Waals surface area contributed by atoms with Gasteiger partial charge in [0.1, 0.15) is 10.7 Å². The quantitative estimate of drug-likeness (QED) is 0.631. The van der Waals surface area contributed by atoms with E-state index in [-0.39, 0.29) is 5.28 Å². The molecule has 6 heteroatoms. The summed E-state index contributed by atoms with van der Waals surface area (Å²) in [5, 5.41) is 3.18. The summed E-state index contributed by atoms with van der Waals surface area (Å²) in [6.45, 7) is 4.06. The van der Waals surface area contributed by atoms with Gasteiger partial charge in [-0.3, -0.25) is 0 Å². The van der Waals surface area contributed by atoms with Gasteiger partial charge in [-0.05, 0) is 36.9 Å². The molecule has 0 atom stereocenters. The molecule has 17 heavy (non-hydrogen) atoms. The van der Waals surface area contributed by atoms with E-state index in [0.29, 0.717) is 0 Å². The molecule has 3 nitrogen and oxygen atoms in total. The van der Waals surface area contributed by atoms with Gasteiger partial charge in [0.2, 0.25) is 5.28 Å². The molecule has 0 aliphatic carbocycles. The first-order chi connectivity index (χ1) is 8.15. The van der Waals surface area contributed by atoms with Crippen LogP contribution in [0.3, 0.4) is 0 Å². The van der Waals surface area contributed by atoms with Gasteiger partial charge in [-0.1, -0.05) is 0 Å². The summed E-state index contributed by atoms with van der Waals surface area (Å²) < 4.78 is 1.04. The van der Waals surface area contributed by atoms with E-state index in [0.717, 1.165) is 26.6 Å². The van der Waals surface area contributed by atoms with Gasteiger partial charge in [0.05, 0.1) is 15.9 Å². The Morgan fingerprint density at radius 2 is 2.00 bits per heavy atom. The van der Waals surface area contributed by atoms with Gasteiger partial charge in [-0.2, -0.15) is 0 Å². The van der Waals surface area contributed by atoms with E-state index in [4.69, 9.17) is 11.6 Å². The normalized spacial score (nSPS) is 11.2. The fourth-order valence-electron chi connectivity index (χ4n) is 1.55. The SMILES string of the molecule is Cc1nc(-c2nc(Cl)nc3ccsc23)sc1C. The van der Waals surface area contributed by atoms with Gasteiger partial charge < -0.3 is 0 Å². The Bertz CT molecular complexity index is 682. The lowest BCUT2D eigenvalue weighted by Gasteiger charge is -1.98. The molecule has 0 aromatic carbocycles. The minimum atomic E-state index is 0.274. The van der Waals surface area contributed by atoms with Crippen LogP contribution in [0.2, 0.25) is 5.28 Å². The molecule has 0 aliphatic heterocycles. The fourth-order valence-corrected chi connectivity index (χ4v) is 3.53. The van der Waals surface area contributed by atoms with Gasteiger partial charge in [0.15, 0.2) is 0 Å². The van der Waals surface area contributed by atoms with Gasteiger partial charge in [0.25, 0.3) is 0 Å². The molecule has 0 radical (unpaired) electrons. The Balaban J connectivity index is 2.32. The Kier molecular flexibility index (Phi) is 2.61. The van der Waals surface area contributed by atoms with Crippen LogP contribution in [0.25, 0.3) is 20.9 Å². The molecular formula is C11H8ClN3S2. The van der Waals surface area contributed by atoms with E-state index in [1.54, 1.807) is 22.7 Å². The molecule has 0 fully saturated rings. The zero-order valence-electron chi connectivity index (χ0n) is 9.19. The van der Waals surface area contributed by atoms with E-state index in [9.17, 15) is 0 Å². The monoisotopic (exact) mass is 281 g/mol. The Labute approximate surface area is 111 Å². The molecule has 3 aromatic heterocycles. The molecule has 86 valence electrons.